The van der Waals surface area contributed by atoms with E-state index in [0.29, 0.717) is 47.5 Å². The smallest absolute Gasteiger partial charge is 0.264 e. The Hall–Kier alpha value is -5.60. The number of rotatable bonds is 13. The Balaban J connectivity index is 1.13. The number of benzene rings is 3. The van der Waals surface area contributed by atoms with Crippen molar-refractivity contribution in [2.45, 2.75) is 89.4 Å². The minimum Gasteiger partial charge on any atom is -0.497 e. The van der Waals surface area contributed by atoms with E-state index in [1.54, 1.807) is 18.1 Å². The van der Waals surface area contributed by atoms with Crippen molar-refractivity contribution in [3.8, 4) is 22.8 Å². The van der Waals surface area contributed by atoms with E-state index in [4.69, 9.17) is 14.5 Å². The molecule has 2 N–H and O–H groups in total. The van der Waals surface area contributed by atoms with Gasteiger partial charge < -0.3 is 24.6 Å². The lowest BCUT2D eigenvalue weighted by molar-refractivity contribution is -0.147. The number of carbonyl (C=O) groups is 4. The van der Waals surface area contributed by atoms with Gasteiger partial charge in [0, 0.05) is 60.1 Å². The van der Waals surface area contributed by atoms with Crippen LogP contribution in [0.3, 0.4) is 0 Å². The van der Waals surface area contributed by atoms with Gasteiger partial charge in [-0.25, -0.2) is 13.5 Å². The van der Waals surface area contributed by atoms with Crippen molar-refractivity contribution >= 4 is 51.5 Å². The van der Waals surface area contributed by atoms with Gasteiger partial charge in [-0.15, -0.1) is 6.58 Å². The summed E-state index contributed by atoms with van der Waals surface area (Å²) in [5.41, 5.74) is 1.92. The van der Waals surface area contributed by atoms with Crippen LogP contribution in [0.4, 0.5) is 5.69 Å². The Bertz CT molecular complexity index is 2400. The van der Waals surface area contributed by atoms with Crippen molar-refractivity contribution in [2.75, 3.05) is 25.1 Å². The third-order valence-corrected chi connectivity index (χ3v) is 13.4. The van der Waals surface area contributed by atoms with Crippen LogP contribution in [0.15, 0.2) is 91.5 Å². The number of ether oxygens (including phenoxy) is 2. The summed E-state index contributed by atoms with van der Waals surface area (Å²) in [5.74, 6) is -1.96. The predicted molar refractivity (Wildman–Crippen MR) is 233 cm³/mol. The lowest BCUT2D eigenvalue weighted by Gasteiger charge is -2.37. The largest absolute Gasteiger partial charge is 0.497 e. The molecule has 61 heavy (non-hydrogen) atoms. The number of methoxy groups -OCH3 is 1. The molecule has 320 valence electrons. The Morgan fingerprint density at radius 1 is 1.07 bits per heavy atom. The monoisotopic (exact) mass is 847 g/mol. The quantitative estimate of drug-likeness (QED) is 0.114. The van der Waals surface area contributed by atoms with Gasteiger partial charge in [0.15, 0.2) is 0 Å². The normalized spacial score (nSPS) is 23.1. The van der Waals surface area contributed by atoms with Crippen LogP contribution in [0, 0.1) is 17.3 Å². The maximum Gasteiger partial charge on any atom is 0.264 e. The number of fused-ring (bicyclic) bond motifs is 2. The van der Waals surface area contributed by atoms with Gasteiger partial charge in [-0.05, 0) is 61.3 Å². The number of hydrogen-bond acceptors (Lipinski definition) is 8. The summed E-state index contributed by atoms with van der Waals surface area (Å²) in [6.45, 7) is 10.2. The molecule has 14 heteroatoms. The fraction of sp³-hybridized carbons (Fsp3) is 0.426. The van der Waals surface area contributed by atoms with Gasteiger partial charge in [-0.1, -0.05) is 75.4 Å². The van der Waals surface area contributed by atoms with Crippen LogP contribution in [0.25, 0.3) is 22.2 Å². The second-order valence-electron chi connectivity index (χ2n) is 17.7. The molecule has 8 rings (SSSR count). The van der Waals surface area contributed by atoms with Crippen LogP contribution in [0.5, 0.6) is 11.5 Å². The summed E-state index contributed by atoms with van der Waals surface area (Å²) in [6, 6.07) is 23.4. The van der Waals surface area contributed by atoms with Crippen LogP contribution in [0.2, 0.25) is 0 Å². The molecule has 2 saturated carbocycles. The average molecular weight is 848 g/mol. The molecule has 0 spiro atoms. The fourth-order valence-corrected chi connectivity index (χ4v) is 9.71. The molecule has 4 amide bonds. The number of amides is 4. The van der Waals surface area contributed by atoms with Crippen LogP contribution in [-0.4, -0.2) is 90.5 Å². The third-order valence-electron chi connectivity index (χ3n) is 12.6. The van der Waals surface area contributed by atoms with Crippen molar-refractivity contribution in [3.63, 3.8) is 0 Å². The number of likely N-dealkylation sites (tertiary alicyclic amines) is 1. The van der Waals surface area contributed by atoms with E-state index in [9.17, 15) is 23.1 Å². The number of anilines is 1. The zero-order chi connectivity index (χ0) is 43.2. The Labute approximate surface area is 358 Å². The minimum absolute atomic E-state index is 0.0194. The molecular formula is C47H53N5O8S. The molecule has 6 atom stereocenters. The number of aryl methyl sites for hydroxylation is 1. The van der Waals surface area contributed by atoms with Gasteiger partial charge in [0.1, 0.15) is 29.2 Å². The van der Waals surface area contributed by atoms with Crippen molar-refractivity contribution in [2.24, 2.45) is 17.3 Å². The molecule has 1 aromatic heterocycles. The molecule has 0 radical (unpaired) electrons. The van der Waals surface area contributed by atoms with Crippen molar-refractivity contribution in [1.29, 1.82) is 0 Å². The highest BCUT2D eigenvalue weighted by atomic mass is 32.2. The molecular weight excluding hydrogens is 795 g/mol. The summed E-state index contributed by atoms with van der Waals surface area (Å²) in [7, 11) is 1.59. The lowest BCUT2D eigenvalue weighted by atomic mass is 9.77. The van der Waals surface area contributed by atoms with E-state index >= 15 is 4.79 Å². The molecule has 13 nitrogen and oxygen atoms in total. The van der Waals surface area contributed by atoms with Crippen LogP contribution < -0.4 is 19.7 Å². The number of carbonyl (C=O) groups excluding carboxylic acids is 4. The summed E-state index contributed by atoms with van der Waals surface area (Å²) in [6.07, 6.45) is 3.93. The zero-order valence-corrected chi connectivity index (χ0v) is 35.9. The van der Waals surface area contributed by atoms with E-state index < -0.39 is 64.1 Å². The van der Waals surface area contributed by atoms with Crippen LogP contribution in [-0.2, 0) is 36.9 Å². The molecule has 4 aliphatic rings. The third kappa shape index (κ3) is 8.39. The summed E-state index contributed by atoms with van der Waals surface area (Å²) < 4.78 is 35.9. The highest BCUT2D eigenvalue weighted by Crippen LogP contribution is 2.48. The maximum absolute atomic E-state index is 15.2. The first-order chi connectivity index (χ1) is 29.2. The average Bonchev–Trinajstić information content (AvgIpc) is 4.18. The number of hydrogen-bond donors (Lipinski definition) is 2. The van der Waals surface area contributed by atoms with Crippen molar-refractivity contribution in [1.82, 2.24) is 19.5 Å². The molecule has 3 unspecified atom stereocenters. The first kappa shape index (κ1) is 42.1. The minimum atomic E-state index is -2.59. The number of para-hydroxylation sites is 1. The molecule has 1 saturated heterocycles. The standard InChI is InChI=1S/C47H53N5O8S/c1-6-31-27-47(31,45(56)52(61(57)58)32-18-19-32)49-43(54)40-24-34(60-41-26-37(29-13-8-7-9-14-29)48-38-23-33(59-5)20-21-35(38)41)28-51(40)44(55)36(46(2,3)4)25-42(53)50-22-12-16-30-15-10-11-17-39(30)50/h6-11,13-15,17,20-21,23,26,31-32,34,36,40H,1,12,16,18-19,22,24-25,27-28H2,2-5H3,(H,49,54)(H,57,58)/t31?,34-,36-,40+,47?/m1/s1. The van der Waals surface area contributed by atoms with Gasteiger partial charge in [0.25, 0.3) is 17.2 Å². The highest BCUT2D eigenvalue weighted by molar-refractivity contribution is 7.77. The molecule has 3 aromatic carbocycles. The molecule has 4 aromatic rings. The molecule has 2 aliphatic heterocycles. The van der Waals surface area contributed by atoms with Crippen molar-refractivity contribution < 1.29 is 37.4 Å². The number of nitrogens with one attached hydrogen (secondary N) is 1. The van der Waals surface area contributed by atoms with Crippen LogP contribution in [0.1, 0.15) is 64.9 Å². The van der Waals surface area contributed by atoms with E-state index in [2.05, 4.69) is 11.9 Å². The topological polar surface area (TPSA) is 159 Å². The second-order valence-corrected chi connectivity index (χ2v) is 18.6. The first-order valence-corrected chi connectivity index (χ1v) is 22.1. The second kappa shape index (κ2) is 16.7. The molecule has 3 heterocycles. The lowest BCUT2D eigenvalue weighted by Crippen LogP contribution is -2.57. The fourth-order valence-electron chi connectivity index (χ4n) is 8.94. The highest BCUT2D eigenvalue weighted by Gasteiger charge is 2.64. The van der Waals surface area contributed by atoms with Gasteiger partial charge in [0.2, 0.25) is 17.7 Å². The van der Waals surface area contributed by atoms with E-state index in [-0.39, 0.29) is 37.6 Å². The number of pyridine rings is 1. The van der Waals surface area contributed by atoms with Gasteiger partial charge in [-0.2, -0.15) is 0 Å². The van der Waals surface area contributed by atoms with E-state index in [1.165, 1.54) is 4.90 Å². The Morgan fingerprint density at radius 3 is 2.48 bits per heavy atom. The Morgan fingerprint density at radius 2 is 1.80 bits per heavy atom. The summed E-state index contributed by atoms with van der Waals surface area (Å²) in [5, 5.41) is 3.66. The SMILES string of the molecule is C=CC1CC1(NC(=O)[C@@H]1C[C@@H](Oc2cc(-c3ccccc3)nc3cc(OC)ccc23)CN1C(=O)[C@@H](CC(=O)N1CCCc2ccccc21)C(C)(C)C)C(=O)N(C1CC1)S(=O)O. The molecule has 0 bridgehead atoms. The van der Waals surface area contributed by atoms with Gasteiger partial charge >= 0.3 is 0 Å². The maximum atomic E-state index is 15.2. The van der Waals surface area contributed by atoms with E-state index in [1.807, 2.05) is 99.6 Å². The van der Waals surface area contributed by atoms with Crippen LogP contribution >= 0.6 is 0 Å². The zero-order valence-electron chi connectivity index (χ0n) is 35.0. The predicted octanol–water partition coefficient (Wildman–Crippen LogP) is 6.48. The van der Waals surface area contributed by atoms with Gasteiger partial charge in [0.05, 0.1) is 30.8 Å². The number of aromatic nitrogens is 1. The van der Waals surface area contributed by atoms with E-state index in [0.717, 1.165) is 34.0 Å². The molecule has 2 aliphatic carbocycles. The molecule has 3 fully saturated rings. The summed E-state index contributed by atoms with van der Waals surface area (Å²) in [4.78, 5) is 66.4. The van der Waals surface area contributed by atoms with Crippen molar-refractivity contribution in [3.05, 3.63) is 97.1 Å². The summed E-state index contributed by atoms with van der Waals surface area (Å²) >= 11 is -2.59. The Kier molecular flexibility index (Phi) is 11.5. The first-order valence-electron chi connectivity index (χ1n) is 21.0. The van der Waals surface area contributed by atoms with Gasteiger partial charge in [-0.3, -0.25) is 23.7 Å². The number of nitrogens with zero attached hydrogens (tertiary/aromatic N) is 4.